The molecule has 1 aliphatic heterocycles. The van der Waals surface area contributed by atoms with Gasteiger partial charge in [-0.15, -0.1) is 0 Å². The van der Waals surface area contributed by atoms with Crippen molar-refractivity contribution in [3.05, 3.63) is 101 Å². The molecule has 2 unspecified atom stereocenters. The molecule has 0 amide bonds. The van der Waals surface area contributed by atoms with E-state index in [1.165, 1.54) is 0 Å². The fourth-order valence-electron chi connectivity index (χ4n) is 5.05. The third-order valence-electron chi connectivity index (χ3n) is 7.31. The number of nitrogens with zero attached hydrogens (tertiary/aromatic N) is 5. The third-order valence-corrected chi connectivity index (χ3v) is 7.31. The van der Waals surface area contributed by atoms with Gasteiger partial charge in [-0.3, -0.25) is 0 Å². The summed E-state index contributed by atoms with van der Waals surface area (Å²) in [5, 5.41) is 14.0. The Morgan fingerprint density at radius 1 is 0.842 bits per heavy atom. The average molecular weight is 514 g/mol. The highest BCUT2D eigenvalue weighted by atomic mass is 16.5. The molecule has 198 valence electrons. The van der Waals surface area contributed by atoms with Gasteiger partial charge >= 0.3 is 5.69 Å². The van der Waals surface area contributed by atoms with Crippen LogP contribution in [-0.4, -0.2) is 51.7 Å². The van der Waals surface area contributed by atoms with Crippen LogP contribution >= 0.6 is 0 Å². The van der Waals surface area contributed by atoms with E-state index in [0.29, 0.717) is 6.61 Å². The fourth-order valence-corrected chi connectivity index (χ4v) is 5.05. The summed E-state index contributed by atoms with van der Waals surface area (Å²) in [5.74, 6) is 0.285. The van der Waals surface area contributed by atoms with Crippen LogP contribution < -0.4 is 15.5 Å². The molecule has 1 fully saturated rings. The van der Waals surface area contributed by atoms with Gasteiger partial charge in [-0.25, -0.2) is 14.0 Å². The van der Waals surface area contributed by atoms with Crippen molar-refractivity contribution in [3.8, 4) is 11.4 Å². The Hall–Kier alpha value is -4.04. The first-order valence-electron chi connectivity index (χ1n) is 13.2. The maximum absolute atomic E-state index is 13.3. The average Bonchev–Trinajstić information content (AvgIpc) is 3.34. The van der Waals surface area contributed by atoms with Gasteiger partial charge in [-0.2, -0.15) is 5.10 Å². The highest BCUT2D eigenvalue weighted by Crippen LogP contribution is 2.24. The van der Waals surface area contributed by atoms with Crippen LogP contribution in [0.15, 0.2) is 90.0 Å². The van der Waals surface area contributed by atoms with Crippen molar-refractivity contribution in [2.45, 2.75) is 39.0 Å². The summed E-state index contributed by atoms with van der Waals surface area (Å²) in [6, 6.07) is 25.3. The van der Waals surface area contributed by atoms with Crippen molar-refractivity contribution >= 4 is 11.4 Å². The Bertz CT molecular complexity index is 1360. The fraction of sp³-hybridized carbons (Fsp3) is 0.333. The van der Waals surface area contributed by atoms with Crippen LogP contribution in [-0.2, 0) is 11.3 Å². The van der Waals surface area contributed by atoms with Crippen molar-refractivity contribution in [3.63, 3.8) is 0 Å². The Labute approximate surface area is 223 Å². The molecule has 2 atom stereocenters. The van der Waals surface area contributed by atoms with E-state index in [4.69, 9.17) is 4.74 Å². The van der Waals surface area contributed by atoms with Gasteiger partial charge in [0, 0.05) is 37.6 Å². The number of anilines is 2. The molecule has 0 radical (unpaired) electrons. The lowest BCUT2D eigenvalue weighted by Crippen LogP contribution is -2.46. The highest BCUT2D eigenvalue weighted by molar-refractivity contribution is 5.54. The molecule has 1 aromatic heterocycles. The molecule has 2 heterocycles. The van der Waals surface area contributed by atoms with E-state index < -0.39 is 0 Å². The van der Waals surface area contributed by atoms with E-state index in [1.807, 2.05) is 61.5 Å². The van der Waals surface area contributed by atoms with Crippen molar-refractivity contribution in [1.29, 1.82) is 0 Å². The number of hydrogen-bond donors (Lipinski definition) is 1. The predicted octanol–water partition coefficient (Wildman–Crippen LogP) is 4.62. The summed E-state index contributed by atoms with van der Waals surface area (Å²) >= 11 is 0. The summed E-state index contributed by atoms with van der Waals surface area (Å²) in [5.41, 5.74) is 3.99. The lowest BCUT2D eigenvalue weighted by molar-refractivity contribution is 0.0117. The van der Waals surface area contributed by atoms with Crippen molar-refractivity contribution in [2.75, 3.05) is 36.0 Å². The molecule has 0 aliphatic carbocycles. The maximum Gasteiger partial charge on any atom is 0.350 e. The number of aromatic hydroxyl groups is 1. The lowest BCUT2D eigenvalue weighted by Gasteiger charge is -2.37. The van der Waals surface area contributed by atoms with Gasteiger partial charge in [0.15, 0.2) is 0 Å². The number of rotatable bonds is 9. The van der Waals surface area contributed by atoms with Crippen LogP contribution in [0.3, 0.4) is 0 Å². The molecule has 38 heavy (non-hydrogen) atoms. The van der Waals surface area contributed by atoms with Crippen LogP contribution in [0.2, 0.25) is 0 Å². The second-order valence-electron chi connectivity index (χ2n) is 9.71. The Balaban J connectivity index is 1.22. The van der Waals surface area contributed by atoms with Gasteiger partial charge in [0.2, 0.25) is 0 Å². The van der Waals surface area contributed by atoms with Gasteiger partial charge < -0.3 is 19.6 Å². The van der Waals surface area contributed by atoms with Crippen molar-refractivity contribution in [2.24, 2.45) is 0 Å². The molecular formula is C30H35N5O3. The zero-order chi connectivity index (χ0) is 26.5. The number of hydrogen-bond acceptors (Lipinski definition) is 6. The van der Waals surface area contributed by atoms with E-state index in [9.17, 15) is 9.90 Å². The molecule has 0 saturated carbocycles. The molecule has 0 bridgehead atoms. The Morgan fingerprint density at radius 3 is 1.97 bits per heavy atom. The summed E-state index contributed by atoms with van der Waals surface area (Å²) < 4.78 is 9.24. The number of benzene rings is 3. The minimum atomic E-state index is -0.165. The molecule has 1 N–H and O–H groups in total. The van der Waals surface area contributed by atoms with Gasteiger partial charge in [-0.05, 0) is 67.4 Å². The number of ether oxygens (including phenoxy) is 1. The summed E-state index contributed by atoms with van der Waals surface area (Å²) in [4.78, 5) is 18.0. The molecule has 0 spiro atoms. The van der Waals surface area contributed by atoms with Crippen LogP contribution in [0.5, 0.6) is 5.75 Å². The topological polar surface area (TPSA) is 75.8 Å². The molecule has 5 rings (SSSR count). The smallest absolute Gasteiger partial charge is 0.350 e. The van der Waals surface area contributed by atoms with Crippen LogP contribution in [0.4, 0.5) is 11.4 Å². The van der Waals surface area contributed by atoms with Gasteiger partial charge in [-0.1, -0.05) is 37.3 Å². The summed E-state index contributed by atoms with van der Waals surface area (Å²) in [6.07, 6.45) is 2.17. The Kier molecular flexibility index (Phi) is 7.79. The van der Waals surface area contributed by atoms with Gasteiger partial charge in [0.25, 0.3) is 0 Å². The van der Waals surface area contributed by atoms with E-state index in [2.05, 4.69) is 34.0 Å². The monoisotopic (exact) mass is 513 g/mol. The second kappa shape index (κ2) is 11.6. The molecule has 4 aromatic rings. The van der Waals surface area contributed by atoms with E-state index >= 15 is 0 Å². The third kappa shape index (κ3) is 5.60. The summed E-state index contributed by atoms with van der Waals surface area (Å²) in [7, 11) is 0. The molecule has 3 aromatic carbocycles. The maximum atomic E-state index is 13.3. The first kappa shape index (κ1) is 25.6. The van der Waals surface area contributed by atoms with E-state index in [0.717, 1.165) is 55.2 Å². The van der Waals surface area contributed by atoms with Crippen molar-refractivity contribution in [1.82, 2.24) is 14.3 Å². The Morgan fingerprint density at radius 2 is 1.39 bits per heavy atom. The van der Waals surface area contributed by atoms with Gasteiger partial charge in [0.1, 0.15) is 12.1 Å². The first-order chi connectivity index (χ1) is 18.5. The normalized spacial score (nSPS) is 15.4. The second-order valence-corrected chi connectivity index (χ2v) is 9.71. The van der Waals surface area contributed by atoms with Crippen LogP contribution in [0, 0.1) is 0 Å². The van der Waals surface area contributed by atoms with Gasteiger partial charge in [0.05, 0.1) is 24.4 Å². The first-order valence-corrected chi connectivity index (χ1v) is 13.2. The number of aromatic nitrogens is 3. The predicted molar refractivity (Wildman–Crippen MR) is 150 cm³/mol. The SMILES string of the molecule is CCC(C(C)OCc1ccccc1)n1ncn(-c2ccc(N3CCN(c4ccc(O)cc4)CC3)cc2)c1=O. The minimum absolute atomic E-state index is 0.156. The zero-order valence-corrected chi connectivity index (χ0v) is 22.0. The zero-order valence-electron chi connectivity index (χ0n) is 22.0. The molecular weight excluding hydrogens is 478 g/mol. The molecule has 1 aliphatic rings. The highest BCUT2D eigenvalue weighted by Gasteiger charge is 2.23. The molecule has 1 saturated heterocycles. The van der Waals surface area contributed by atoms with E-state index in [1.54, 1.807) is 27.7 Å². The molecule has 8 nitrogen and oxygen atoms in total. The minimum Gasteiger partial charge on any atom is -0.508 e. The summed E-state index contributed by atoms with van der Waals surface area (Å²) in [6.45, 7) is 8.16. The quantitative estimate of drug-likeness (QED) is 0.352. The number of phenolic OH excluding ortho intramolecular Hbond substituents is 1. The number of phenols is 1. The van der Waals surface area contributed by atoms with Crippen LogP contribution in [0.1, 0.15) is 31.9 Å². The van der Waals surface area contributed by atoms with Crippen LogP contribution in [0.25, 0.3) is 5.69 Å². The lowest BCUT2D eigenvalue weighted by atomic mass is 10.1. The van der Waals surface area contributed by atoms with Crippen molar-refractivity contribution < 1.29 is 9.84 Å². The number of piperazine rings is 1. The largest absolute Gasteiger partial charge is 0.508 e. The standard InChI is InChI=1S/C30H35N5O3/c1-3-29(23(2)38-21-24-7-5-4-6-8-24)35-30(37)34(22-31-35)27-11-9-25(10-12-27)32-17-19-33(20-18-32)26-13-15-28(36)16-14-26/h4-16,22-23,29,36H,3,17-21H2,1-2H3. The molecule has 8 heteroatoms. The van der Waals surface area contributed by atoms with E-state index in [-0.39, 0.29) is 23.6 Å².